The first kappa shape index (κ1) is 13.9. The third-order valence-electron chi connectivity index (χ3n) is 3.20. The number of sulfonamides is 1. The van der Waals surface area contributed by atoms with Gasteiger partial charge < -0.3 is 5.32 Å². The van der Waals surface area contributed by atoms with Gasteiger partial charge in [0.15, 0.2) is 0 Å². The maximum absolute atomic E-state index is 11.3. The SMILES string of the molecule is CCN(CCCNC(C)C1CC1)S(C)(=O)=O. The summed E-state index contributed by atoms with van der Waals surface area (Å²) in [6.45, 7) is 6.19. The van der Waals surface area contributed by atoms with E-state index in [9.17, 15) is 8.42 Å². The summed E-state index contributed by atoms with van der Waals surface area (Å²) < 4.78 is 24.2. The van der Waals surface area contributed by atoms with Crippen LogP contribution >= 0.6 is 0 Å². The third kappa shape index (κ3) is 4.80. The van der Waals surface area contributed by atoms with Crippen molar-refractivity contribution in [1.82, 2.24) is 9.62 Å². The smallest absolute Gasteiger partial charge is 0.211 e. The van der Waals surface area contributed by atoms with Gasteiger partial charge in [0, 0.05) is 19.1 Å². The monoisotopic (exact) mass is 248 g/mol. The van der Waals surface area contributed by atoms with Crippen molar-refractivity contribution in [2.45, 2.75) is 39.2 Å². The zero-order valence-corrected chi connectivity index (χ0v) is 11.4. The fourth-order valence-electron chi connectivity index (χ4n) is 1.91. The molecule has 1 rings (SSSR count). The molecule has 1 atom stereocenters. The second kappa shape index (κ2) is 5.98. The molecule has 96 valence electrons. The maximum Gasteiger partial charge on any atom is 0.211 e. The van der Waals surface area contributed by atoms with Gasteiger partial charge in [-0.25, -0.2) is 12.7 Å². The Bertz CT molecular complexity index is 299. The number of nitrogens with one attached hydrogen (secondary N) is 1. The lowest BCUT2D eigenvalue weighted by Crippen LogP contribution is -2.34. The van der Waals surface area contributed by atoms with Gasteiger partial charge in [-0.05, 0) is 38.6 Å². The molecule has 5 heteroatoms. The average molecular weight is 248 g/mol. The lowest BCUT2D eigenvalue weighted by Gasteiger charge is -2.18. The van der Waals surface area contributed by atoms with Crippen molar-refractivity contribution in [1.29, 1.82) is 0 Å². The average Bonchev–Trinajstić information content (AvgIpc) is 2.98. The molecule has 1 fully saturated rings. The van der Waals surface area contributed by atoms with E-state index in [4.69, 9.17) is 0 Å². The number of nitrogens with zero attached hydrogens (tertiary/aromatic N) is 1. The minimum absolute atomic E-state index is 0.566. The summed E-state index contributed by atoms with van der Waals surface area (Å²) in [6.07, 6.45) is 4.85. The zero-order chi connectivity index (χ0) is 12.2. The topological polar surface area (TPSA) is 49.4 Å². The molecule has 1 unspecified atom stereocenters. The predicted molar refractivity (Wildman–Crippen MR) is 66.9 cm³/mol. The molecule has 0 bridgehead atoms. The van der Waals surface area contributed by atoms with Crippen molar-refractivity contribution in [3.05, 3.63) is 0 Å². The van der Waals surface area contributed by atoms with Gasteiger partial charge in [0.2, 0.25) is 10.0 Å². The summed E-state index contributed by atoms with van der Waals surface area (Å²) in [5.41, 5.74) is 0. The van der Waals surface area contributed by atoms with Gasteiger partial charge >= 0.3 is 0 Å². The predicted octanol–water partition coefficient (Wildman–Crippen LogP) is 1.05. The standard InChI is InChI=1S/C11H24N2O2S/c1-4-13(16(3,14)15)9-5-8-12-10(2)11-6-7-11/h10-12H,4-9H2,1-3H3. The molecule has 0 aromatic heterocycles. The van der Waals surface area contributed by atoms with Crippen molar-refractivity contribution in [2.75, 3.05) is 25.9 Å². The zero-order valence-electron chi connectivity index (χ0n) is 10.6. The molecule has 0 radical (unpaired) electrons. The first-order valence-corrected chi connectivity index (χ1v) is 7.98. The highest BCUT2D eigenvalue weighted by molar-refractivity contribution is 7.88. The van der Waals surface area contributed by atoms with Crippen LogP contribution in [0.5, 0.6) is 0 Å². The van der Waals surface area contributed by atoms with E-state index in [0.29, 0.717) is 19.1 Å². The highest BCUT2D eigenvalue weighted by atomic mass is 32.2. The molecule has 0 aliphatic heterocycles. The number of rotatable bonds is 8. The molecule has 4 nitrogen and oxygen atoms in total. The summed E-state index contributed by atoms with van der Waals surface area (Å²) >= 11 is 0. The minimum Gasteiger partial charge on any atom is -0.314 e. The quantitative estimate of drug-likeness (QED) is 0.653. The van der Waals surface area contributed by atoms with E-state index < -0.39 is 10.0 Å². The van der Waals surface area contributed by atoms with Gasteiger partial charge in [-0.3, -0.25) is 0 Å². The van der Waals surface area contributed by atoms with Crippen LogP contribution in [0.2, 0.25) is 0 Å². The Hall–Kier alpha value is -0.130. The van der Waals surface area contributed by atoms with Crippen molar-refractivity contribution in [2.24, 2.45) is 5.92 Å². The Labute approximate surface area is 99.5 Å². The van der Waals surface area contributed by atoms with Crippen LogP contribution in [0.1, 0.15) is 33.1 Å². The van der Waals surface area contributed by atoms with E-state index >= 15 is 0 Å². The molecule has 0 saturated heterocycles. The molecule has 1 N–H and O–H groups in total. The lowest BCUT2D eigenvalue weighted by molar-refractivity contribution is 0.406. The van der Waals surface area contributed by atoms with E-state index in [0.717, 1.165) is 18.9 Å². The molecule has 0 amide bonds. The van der Waals surface area contributed by atoms with Gasteiger partial charge in [0.1, 0.15) is 0 Å². The largest absolute Gasteiger partial charge is 0.314 e. The first-order chi connectivity index (χ1) is 7.45. The molecule has 0 heterocycles. The van der Waals surface area contributed by atoms with E-state index in [-0.39, 0.29) is 0 Å². The molecule has 16 heavy (non-hydrogen) atoms. The van der Waals surface area contributed by atoms with Crippen LogP contribution in [-0.2, 0) is 10.0 Å². The number of hydrogen-bond donors (Lipinski definition) is 1. The maximum atomic E-state index is 11.3. The van der Waals surface area contributed by atoms with Crippen molar-refractivity contribution < 1.29 is 8.42 Å². The summed E-state index contributed by atoms with van der Waals surface area (Å²) in [4.78, 5) is 0. The first-order valence-electron chi connectivity index (χ1n) is 6.13. The van der Waals surface area contributed by atoms with Crippen LogP contribution in [0, 0.1) is 5.92 Å². The molecule has 1 aliphatic rings. The Morgan fingerprint density at radius 3 is 2.50 bits per heavy atom. The molecular formula is C11H24N2O2S. The molecular weight excluding hydrogens is 224 g/mol. The molecule has 0 aromatic rings. The van der Waals surface area contributed by atoms with E-state index in [2.05, 4.69) is 12.2 Å². The van der Waals surface area contributed by atoms with Crippen LogP contribution in [0.4, 0.5) is 0 Å². The summed E-state index contributed by atoms with van der Waals surface area (Å²) in [5.74, 6) is 0.859. The summed E-state index contributed by atoms with van der Waals surface area (Å²) in [5, 5.41) is 3.45. The second-order valence-electron chi connectivity index (χ2n) is 4.69. The Morgan fingerprint density at radius 2 is 2.06 bits per heavy atom. The van der Waals surface area contributed by atoms with Gasteiger partial charge in [-0.1, -0.05) is 6.92 Å². The van der Waals surface area contributed by atoms with Gasteiger partial charge in [-0.2, -0.15) is 0 Å². The Kier molecular flexibility index (Phi) is 5.21. The van der Waals surface area contributed by atoms with E-state index in [1.807, 2.05) is 6.92 Å². The summed E-state index contributed by atoms with van der Waals surface area (Å²) in [6, 6.07) is 0.591. The van der Waals surface area contributed by atoms with Gasteiger partial charge in [0.25, 0.3) is 0 Å². The Balaban J connectivity index is 2.13. The molecule has 1 aliphatic carbocycles. The second-order valence-corrected chi connectivity index (χ2v) is 6.67. The molecule has 0 aromatic carbocycles. The minimum atomic E-state index is -3.01. The van der Waals surface area contributed by atoms with Crippen molar-refractivity contribution >= 4 is 10.0 Å². The Morgan fingerprint density at radius 1 is 1.44 bits per heavy atom. The van der Waals surface area contributed by atoms with Crippen molar-refractivity contribution in [3.8, 4) is 0 Å². The normalized spacial score (nSPS) is 19.0. The number of hydrogen-bond acceptors (Lipinski definition) is 3. The van der Waals surface area contributed by atoms with Gasteiger partial charge in [0.05, 0.1) is 6.26 Å². The highest BCUT2D eigenvalue weighted by Crippen LogP contribution is 2.32. The van der Waals surface area contributed by atoms with Crippen LogP contribution in [0.3, 0.4) is 0 Å². The fraction of sp³-hybridized carbons (Fsp3) is 1.00. The highest BCUT2D eigenvalue weighted by Gasteiger charge is 2.27. The van der Waals surface area contributed by atoms with Gasteiger partial charge in [-0.15, -0.1) is 0 Å². The molecule has 1 saturated carbocycles. The van der Waals surface area contributed by atoms with E-state index in [1.54, 1.807) is 0 Å². The van der Waals surface area contributed by atoms with Crippen LogP contribution in [0.15, 0.2) is 0 Å². The lowest BCUT2D eigenvalue weighted by atomic mass is 10.2. The van der Waals surface area contributed by atoms with Crippen molar-refractivity contribution in [3.63, 3.8) is 0 Å². The molecule has 0 spiro atoms. The van der Waals surface area contributed by atoms with E-state index in [1.165, 1.54) is 23.4 Å². The van der Waals surface area contributed by atoms with Crippen LogP contribution in [-0.4, -0.2) is 44.7 Å². The van der Waals surface area contributed by atoms with Crippen LogP contribution < -0.4 is 5.32 Å². The fourth-order valence-corrected chi connectivity index (χ4v) is 2.84. The summed E-state index contributed by atoms with van der Waals surface area (Å²) in [7, 11) is -3.01. The van der Waals surface area contributed by atoms with Crippen LogP contribution in [0.25, 0.3) is 0 Å². The third-order valence-corrected chi connectivity index (χ3v) is 4.58.